The topological polar surface area (TPSA) is 62.1 Å². The van der Waals surface area contributed by atoms with Crippen molar-refractivity contribution >= 4 is 60.8 Å². The van der Waals surface area contributed by atoms with E-state index in [2.05, 4.69) is 31.9 Å². The van der Waals surface area contributed by atoms with Crippen molar-refractivity contribution in [2.75, 3.05) is 7.11 Å². The normalized spacial score (nSPS) is 23.8. The van der Waals surface area contributed by atoms with Gasteiger partial charge in [-0.3, -0.25) is 14.7 Å². The fourth-order valence-electron chi connectivity index (χ4n) is 4.62. The summed E-state index contributed by atoms with van der Waals surface area (Å²) in [7, 11) is 1.52. The number of hydrogen-bond donors (Lipinski definition) is 1. The van der Waals surface area contributed by atoms with Crippen LogP contribution in [-0.4, -0.2) is 40.3 Å². The summed E-state index contributed by atoms with van der Waals surface area (Å²) >= 11 is 8.43. The molecule has 1 N–H and O–H groups in total. The molecular weight excluding hydrogens is 544 g/mol. The van der Waals surface area contributed by atoms with Crippen LogP contribution >= 0.6 is 43.6 Å². The number of carbonyl (C=O) groups is 1. The number of carbonyl (C=O) groups excluding carboxylic acids is 1. The van der Waals surface area contributed by atoms with E-state index < -0.39 is 0 Å². The second kappa shape index (κ2) is 10.3. The molecule has 1 aromatic rings. The molecule has 2 saturated carbocycles. The van der Waals surface area contributed by atoms with Crippen LogP contribution in [0.4, 0.5) is 0 Å². The average molecular weight is 572 g/mol. The van der Waals surface area contributed by atoms with Gasteiger partial charge in [0.05, 0.1) is 22.5 Å². The number of benzene rings is 1. The highest BCUT2D eigenvalue weighted by atomic mass is 79.9. The van der Waals surface area contributed by atoms with Gasteiger partial charge in [0.15, 0.2) is 16.7 Å². The molecule has 2 aliphatic carbocycles. The molecule has 3 fully saturated rings. The Morgan fingerprint density at radius 3 is 2.39 bits per heavy atom. The number of aromatic hydroxyl groups is 1. The van der Waals surface area contributed by atoms with Gasteiger partial charge in [-0.2, -0.15) is 0 Å². The van der Waals surface area contributed by atoms with Gasteiger partial charge in [-0.15, -0.1) is 0 Å². The minimum absolute atomic E-state index is 0.0327. The molecule has 0 spiro atoms. The summed E-state index contributed by atoms with van der Waals surface area (Å²) in [6.07, 6.45) is 13.5. The third-order valence-electron chi connectivity index (χ3n) is 6.33. The monoisotopic (exact) mass is 570 g/mol. The second-order valence-electron chi connectivity index (χ2n) is 8.43. The van der Waals surface area contributed by atoms with E-state index in [9.17, 15) is 9.90 Å². The molecule has 1 aliphatic heterocycles. The Morgan fingerprint density at radius 1 is 1.10 bits per heavy atom. The van der Waals surface area contributed by atoms with Crippen molar-refractivity contribution in [1.82, 2.24) is 4.90 Å². The molecule has 0 radical (unpaired) electrons. The molecule has 0 unspecified atom stereocenters. The highest BCUT2D eigenvalue weighted by Gasteiger charge is 2.39. The molecule has 0 bridgehead atoms. The van der Waals surface area contributed by atoms with E-state index >= 15 is 0 Å². The van der Waals surface area contributed by atoms with Crippen molar-refractivity contribution in [3.05, 3.63) is 25.5 Å². The number of phenols is 1. The van der Waals surface area contributed by atoms with Crippen molar-refractivity contribution in [2.24, 2.45) is 4.99 Å². The van der Waals surface area contributed by atoms with Crippen molar-refractivity contribution in [3.8, 4) is 11.5 Å². The van der Waals surface area contributed by atoms with Crippen molar-refractivity contribution < 1.29 is 14.6 Å². The first-order valence-electron chi connectivity index (χ1n) is 11.1. The molecule has 1 amide bonds. The van der Waals surface area contributed by atoms with Gasteiger partial charge in [0.1, 0.15) is 0 Å². The van der Waals surface area contributed by atoms with Crippen LogP contribution in [0.25, 0.3) is 6.08 Å². The molecule has 4 rings (SSSR count). The van der Waals surface area contributed by atoms with E-state index in [1.165, 1.54) is 57.4 Å². The first-order chi connectivity index (χ1) is 15.0. The Hall–Kier alpha value is -0.990. The average Bonchev–Trinajstić information content (AvgIpc) is 3.09. The summed E-state index contributed by atoms with van der Waals surface area (Å²) in [5.41, 5.74) is 0.778. The van der Waals surface area contributed by atoms with Crippen LogP contribution in [0.3, 0.4) is 0 Å². The third kappa shape index (κ3) is 5.01. The lowest BCUT2D eigenvalue weighted by Crippen LogP contribution is -2.41. The van der Waals surface area contributed by atoms with Gasteiger partial charge >= 0.3 is 0 Å². The molecule has 0 aromatic heterocycles. The van der Waals surface area contributed by atoms with Crippen LogP contribution in [0.15, 0.2) is 24.9 Å². The number of hydrogen-bond acceptors (Lipinski definition) is 5. The molecule has 5 nitrogen and oxygen atoms in total. The van der Waals surface area contributed by atoms with Crippen LogP contribution in [0, 0.1) is 0 Å². The molecule has 31 heavy (non-hydrogen) atoms. The molecular formula is C23H28Br2N2O3S. The lowest BCUT2D eigenvalue weighted by molar-refractivity contribution is -0.124. The molecule has 8 heteroatoms. The number of amides is 1. The Morgan fingerprint density at radius 2 is 1.74 bits per heavy atom. The molecule has 1 saturated heterocycles. The zero-order valence-corrected chi connectivity index (χ0v) is 21.7. The third-order valence-corrected chi connectivity index (χ3v) is 9.48. The lowest BCUT2D eigenvalue weighted by atomic mass is 9.94. The van der Waals surface area contributed by atoms with E-state index in [1.807, 2.05) is 11.0 Å². The van der Waals surface area contributed by atoms with Crippen molar-refractivity contribution in [3.63, 3.8) is 0 Å². The van der Waals surface area contributed by atoms with E-state index in [-0.39, 0.29) is 17.7 Å². The number of halogens is 2. The Labute approximate surface area is 205 Å². The zero-order valence-electron chi connectivity index (χ0n) is 17.7. The largest absolute Gasteiger partial charge is 0.503 e. The Bertz CT molecular complexity index is 907. The number of phenolic OH excluding ortho intramolecular Hbond substituents is 1. The van der Waals surface area contributed by atoms with E-state index in [1.54, 1.807) is 6.07 Å². The number of rotatable bonds is 4. The SMILES string of the molecule is COc1cc(C=C2SC(=NC3CCCCC3)N(C3CCCCC3)C2=O)c(Br)c(Br)c1O. The zero-order chi connectivity index (χ0) is 22.0. The minimum atomic E-state index is 0.0327. The van der Waals surface area contributed by atoms with Gasteiger partial charge in [0.2, 0.25) is 0 Å². The van der Waals surface area contributed by atoms with Gasteiger partial charge in [-0.05, 0) is 87.0 Å². The van der Waals surface area contributed by atoms with Gasteiger partial charge < -0.3 is 9.84 Å². The van der Waals surface area contributed by atoms with Gasteiger partial charge in [0.25, 0.3) is 5.91 Å². The number of nitrogens with zero attached hydrogens (tertiary/aromatic N) is 2. The first kappa shape index (κ1) is 23.2. The maximum Gasteiger partial charge on any atom is 0.267 e. The lowest BCUT2D eigenvalue weighted by Gasteiger charge is -2.31. The van der Waals surface area contributed by atoms with Crippen LogP contribution in [0.1, 0.15) is 69.8 Å². The molecule has 3 aliphatic rings. The maximum absolute atomic E-state index is 13.5. The standard InChI is InChI=1S/C23H28Br2N2O3S/c1-30-17-12-14(19(24)20(25)21(17)28)13-18-22(29)27(16-10-6-3-7-11-16)23(31-18)26-15-8-4-2-5-9-15/h12-13,15-16,28H,2-11H2,1H3. The summed E-state index contributed by atoms with van der Waals surface area (Å²) in [6, 6.07) is 2.31. The molecule has 1 heterocycles. The predicted molar refractivity (Wildman–Crippen MR) is 134 cm³/mol. The van der Waals surface area contributed by atoms with Gasteiger partial charge in [-0.1, -0.05) is 38.5 Å². The van der Waals surface area contributed by atoms with E-state index in [4.69, 9.17) is 9.73 Å². The van der Waals surface area contributed by atoms with Crippen LogP contribution in [-0.2, 0) is 4.79 Å². The van der Waals surface area contributed by atoms with Gasteiger partial charge in [0, 0.05) is 10.5 Å². The number of ether oxygens (including phenoxy) is 1. The highest BCUT2D eigenvalue weighted by molar-refractivity contribution is 9.13. The quantitative estimate of drug-likeness (QED) is 0.401. The second-order valence-corrected chi connectivity index (χ2v) is 11.0. The number of amidine groups is 1. The summed E-state index contributed by atoms with van der Waals surface area (Å²) in [6.45, 7) is 0. The van der Waals surface area contributed by atoms with Crippen molar-refractivity contribution in [1.29, 1.82) is 0 Å². The summed E-state index contributed by atoms with van der Waals surface area (Å²) in [4.78, 5) is 21.3. The smallest absolute Gasteiger partial charge is 0.267 e. The number of aliphatic imine (C=N–C) groups is 1. The first-order valence-corrected chi connectivity index (χ1v) is 13.5. The summed E-state index contributed by atoms with van der Waals surface area (Å²) < 4.78 is 6.49. The minimum Gasteiger partial charge on any atom is -0.503 e. The van der Waals surface area contributed by atoms with Crippen LogP contribution < -0.4 is 4.74 Å². The van der Waals surface area contributed by atoms with E-state index in [0.29, 0.717) is 25.6 Å². The van der Waals surface area contributed by atoms with Gasteiger partial charge in [-0.25, -0.2) is 0 Å². The predicted octanol–water partition coefficient (Wildman–Crippen LogP) is 6.86. The molecule has 0 atom stereocenters. The molecule has 168 valence electrons. The van der Waals surface area contributed by atoms with E-state index in [0.717, 1.165) is 36.4 Å². The summed E-state index contributed by atoms with van der Waals surface area (Å²) in [5, 5.41) is 11.1. The van der Waals surface area contributed by atoms with Crippen LogP contribution in [0.5, 0.6) is 11.5 Å². The number of thioether (sulfide) groups is 1. The molecule has 1 aromatic carbocycles. The fraction of sp³-hybridized carbons (Fsp3) is 0.565. The Kier molecular flexibility index (Phi) is 7.70. The van der Waals surface area contributed by atoms with Crippen LogP contribution in [0.2, 0.25) is 0 Å². The summed E-state index contributed by atoms with van der Waals surface area (Å²) in [5.74, 6) is 0.435. The maximum atomic E-state index is 13.5. The Balaban J connectivity index is 1.69. The highest BCUT2D eigenvalue weighted by Crippen LogP contribution is 2.44. The van der Waals surface area contributed by atoms with Crippen molar-refractivity contribution in [2.45, 2.75) is 76.3 Å². The number of methoxy groups -OCH3 is 1. The fourth-order valence-corrected chi connectivity index (χ4v) is 6.56.